The molecule has 6 nitrogen and oxygen atoms in total. The van der Waals surface area contributed by atoms with Crippen LogP contribution in [0.5, 0.6) is 0 Å². The van der Waals surface area contributed by atoms with Gasteiger partial charge in [-0.1, -0.05) is 12.1 Å². The molecule has 2 aromatic rings. The van der Waals surface area contributed by atoms with Crippen molar-refractivity contribution in [1.29, 1.82) is 0 Å². The number of carbonyl (C=O) groups is 3. The van der Waals surface area contributed by atoms with Gasteiger partial charge in [0.1, 0.15) is 5.82 Å². The highest BCUT2D eigenvalue weighted by Gasteiger charge is 2.27. The summed E-state index contributed by atoms with van der Waals surface area (Å²) in [6, 6.07) is 12.4. The van der Waals surface area contributed by atoms with E-state index in [0.717, 1.165) is 12.8 Å². The number of nitrogens with one attached hydrogen (secondary N) is 2. The largest absolute Gasteiger partial charge is 0.449 e. The highest BCUT2D eigenvalue weighted by Crippen LogP contribution is 2.24. The summed E-state index contributed by atoms with van der Waals surface area (Å²) >= 11 is 1.17. The minimum Gasteiger partial charge on any atom is -0.449 e. The molecule has 2 N–H and O–H groups in total. The van der Waals surface area contributed by atoms with Crippen LogP contribution >= 0.6 is 11.8 Å². The Kier molecular flexibility index (Phi) is 6.87. The van der Waals surface area contributed by atoms with Crippen LogP contribution in [0, 0.1) is 5.82 Å². The van der Waals surface area contributed by atoms with Gasteiger partial charge in [-0.05, 0) is 56.2 Å². The first kappa shape index (κ1) is 20.9. The maximum Gasteiger partial charge on any atom is 0.340 e. The molecule has 2 amide bonds. The molecule has 0 heterocycles. The molecule has 0 aliphatic heterocycles. The second-order valence-electron chi connectivity index (χ2n) is 6.67. The van der Waals surface area contributed by atoms with E-state index < -0.39 is 12.1 Å². The van der Waals surface area contributed by atoms with Gasteiger partial charge in [0.25, 0.3) is 5.91 Å². The summed E-state index contributed by atoms with van der Waals surface area (Å²) in [5.41, 5.74) is 0.776. The smallest absolute Gasteiger partial charge is 0.340 e. The maximum absolute atomic E-state index is 12.9. The zero-order valence-corrected chi connectivity index (χ0v) is 16.6. The molecule has 8 heteroatoms. The average molecular weight is 416 g/mol. The SMILES string of the molecule is C[C@@H](OC(=O)c1ccccc1SCC(=O)Nc1ccc(F)cc1)C(=O)NC1CC1. The first-order valence-electron chi connectivity index (χ1n) is 9.21. The summed E-state index contributed by atoms with van der Waals surface area (Å²) in [4.78, 5) is 37.2. The number of esters is 1. The van der Waals surface area contributed by atoms with Gasteiger partial charge in [0.05, 0.1) is 11.3 Å². The number of rotatable bonds is 8. The van der Waals surface area contributed by atoms with Crippen LogP contribution in [-0.2, 0) is 14.3 Å². The first-order chi connectivity index (χ1) is 13.9. The topological polar surface area (TPSA) is 84.5 Å². The molecule has 2 aromatic carbocycles. The van der Waals surface area contributed by atoms with E-state index in [2.05, 4.69) is 10.6 Å². The van der Waals surface area contributed by atoms with E-state index in [9.17, 15) is 18.8 Å². The lowest BCUT2D eigenvalue weighted by Crippen LogP contribution is -2.37. The molecular formula is C21H21FN2O4S. The third-order valence-electron chi connectivity index (χ3n) is 4.17. The van der Waals surface area contributed by atoms with Crippen LogP contribution in [0.25, 0.3) is 0 Å². The van der Waals surface area contributed by atoms with Crippen molar-refractivity contribution < 1.29 is 23.5 Å². The number of carbonyl (C=O) groups excluding carboxylic acids is 3. The van der Waals surface area contributed by atoms with Crippen molar-refractivity contribution in [1.82, 2.24) is 5.32 Å². The fraction of sp³-hybridized carbons (Fsp3) is 0.286. The number of benzene rings is 2. The van der Waals surface area contributed by atoms with Gasteiger partial charge in [0.2, 0.25) is 5.91 Å². The van der Waals surface area contributed by atoms with Gasteiger partial charge in [-0.2, -0.15) is 0 Å². The molecule has 0 radical (unpaired) electrons. The molecule has 0 unspecified atom stereocenters. The molecule has 152 valence electrons. The van der Waals surface area contributed by atoms with Crippen molar-refractivity contribution in [2.24, 2.45) is 0 Å². The third-order valence-corrected chi connectivity index (χ3v) is 5.24. The van der Waals surface area contributed by atoms with Crippen LogP contribution in [0.3, 0.4) is 0 Å². The monoisotopic (exact) mass is 416 g/mol. The molecule has 1 saturated carbocycles. The van der Waals surface area contributed by atoms with Crippen molar-refractivity contribution in [3.63, 3.8) is 0 Å². The number of ether oxygens (including phenoxy) is 1. The minimum atomic E-state index is -0.900. The lowest BCUT2D eigenvalue weighted by Gasteiger charge is -2.14. The molecule has 1 aliphatic rings. The van der Waals surface area contributed by atoms with Crippen molar-refractivity contribution in [3.05, 3.63) is 59.9 Å². The van der Waals surface area contributed by atoms with Gasteiger partial charge >= 0.3 is 5.97 Å². The van der Waals surface area contributed by atoms with Gasteiger partial charge in [0, 0.05) is 16.6 Å². The second-order valence-corrected chi connectivity index (χ2v) is 7.69. The van der Waals surface area contributed by atoms with E-state index in [-0.39, 0.29) is 35.0 Å². The van der Waals surface area contributed by atoms with Crippen LogP contribution in [0.15, 0.2) is 53.4 Å². The number of thioether (sulfide) groups is 1. The third kappa shape index (κ3) is 6.32. The van der Waals surface area contributed by atoms with Crippen LogP contribution in [0.4, 0.5) is 10.1 Å². The standard InChI is InChI=1S/C21H21FN2O4S/c1-13(20(26)24-16-10-11-16)28-21(27)17-4-2-3-5-18(17)29-12-19(25)23-15-8-6-14(22)7-9-15/h2-9,13,16H,10-12H2,1H3,(H,23,25)(H,24,26)/t13-/m1/s1. The maximum atomic E-state index is 12.9. The Morgan fingerprint density at radius 1 is 1.14 bits per heavy atom. The Labute approximate surface area is 172 Å². The quantitative estimate of drug-likeness (QED) is 0.509. The Hall–Kier alpha value is -2.87. The summed E-state index contributed by atoms with van der Waals surface area (Å²) in [6.45, 7) is 1.53. The van der Waals surface area contributed by atoms with Crippen LogP contribution < -0.4 is 10.6 Å². The molecule has 1 fully saturated rings. The highest BCUT2D eigenvalue weighted by atomic mass is 32.2. The van der Waals surface area contributed by atoms with Gasteiger partial charge < -0.3 is 15.4 Å². The molecule has 3 rings (SSSR count). The van der Waals surface area contributed by atoms with Crippen molar-refractivity contribution >= 4 is 35.2 Å². The minimum absolute atomic E-state index is 0.0549. The lowest BCUT2D eigenvalue weighted by molar-refractivity contribution is -0.129. The number of hydrogen-bond acceptors (Lipinski definition) is 5. The van der Waals surface area contributed by atoms with Gasteiger partial charge in [-0.15, -0.1) is 11.8 Å². The Morgan fingerprint density at radius 2 is 1.83 bits per heavy atom. The predicted octanol–water partition coefficient (Wildman–Crippen LogP) is 3.38. The summed E-state index contributed by atoms with van der Waals surface area (Å²) in [5, 5.41) is 5.46. The van der Waals surface area contributed by atoms with E-state index in [4.69, 9.17) is 4.74 Å². The predicted molar refractivity (Wildman–Crippen MR) is 108 cm³/mol. The molecule has 1 atom stereocenters. The Balaban J connectivity index is 1.56. The average Bonchev–Trinajstić information content (AvgIpc) is 3.52. The number of amides is 2. The van der Waals surface area contributed by atoms with Gasteiger partial charge in [-0.3, -0.25) is 9.59 Å². The molecule has 0 bridgehead atoms. The Bertz CT molecular complexity index is 900. The van der Waals surface area contributed by atoms with E-state index >= 15 is 0 Å². The zero-order chi connectivity index (χ0) is 20.8. The molecule has 0 saturated heterocycles. The number of halogens is 1. The van der Waals surface area contributed by atoms with E-state index in [1.807, 2.05) is 0 Å². The van der Waals surface area contributed by atoms with Crippen LogP contribution in [0.2, 0.25) is 0 Å². The summed E-state index contributed by atoms with van der Waals surface area (Å²) < 4.78 is 18.2. The number of hydrogen-bond donors (Lipinski definition) is 2. The van der Waals surface area contributed by atoms with Crippen molar-refractivity contribution in [2.75, 3.05) is 11.1 Å². The van der Waals surface area contributed by atoms with Crippen LogP contribution in [0.1, 0.15) is 30.1 Å². The van der Waals surface area contributed by atoms with E-state index in [1.165, 1.54) is 43.0 Å². The summed E-state index contributed by atoms with van der Waals surface area (Å²) in [6.07, 6.45) is 1.00. The summed E-state index contributed by atoms with van der Waals surface area (Å²) in [5.74, 6) is -1.55. The van der Waals surface area contributed by atoms with E-state index in [1.54, 1.807) is 24.3 Å². The molecular weight excluding hydrogens is 395 g/mol. The van der Waals surface area contributed by atoms with E-state index in [0.29, 0.717) is 10.6 Å². The lowest BCUT2D eigenvalue weighted by atomic mass is 10.2. The van der Waals surface area contributed by atoms with Crippen LogP contribution in [-0.4, -0.2) is 35.7 Å². The normalized spacial score (nSPS) is 14.0. The molecule has 1 aliphatic carbocycles. The fourth-order valence-corrected chi connectivity index (χ4v) is 3.30. The van der Waals surface area contributed by atoms with Crippen molar-refractivity contribution in [2.45, 2.75) is 36.8 Å². The van der Waals surface area contributed by atoms with Crippen molar-refractivity contribution in [3.8, 4) is 0 Å². The molecule has 0 spiro atoms. The number of anilines is 1. The highest BCUT2D eigenvalue weighted by molar-refractivity contribution is 8.00. The zero-order valence-electron chi connectivity index (χ0n) is 15.8. The van der Waals surface area contributed by atoms with Gasteiger partial charge in [0.15, 0.2) is 6.10 Å². The summed E-state index contributed by atoms with van der Waals surface area (Å²) in [7, 11) is 0. The Morgan fingerprint density at radius 3 is 2.52 bits per heavy atom. The second kappa shape index (κ2) is 9.56. The fourth-order valence-electron chi connectivity index (χ4n) is 2.46. The molecule has 29 heavy (non-hydrogen) atoms. The first-order valence-corrected chi connectivity index (χ1v) is 10.2. The van der Waals surface area contributed by atoms with Gasteiger partial charge in [-0.25, -0.2) is 9.18 Å². The molecule has 0 aromatic heterocycles.